The number of hydrogen-bond donors (Lipinski definition) is 1. The van der Waals surface area contributed by atoms with Gasteiger partial charge in [-0.15, -0.1) is 0 Å². The lowest BCUT2D eigenvalue weighted by molar-refractivity contribution is -0.124. The van der Waals surface area contributed by atoms with Crippen LogP contribution in [0.15, 0.2) is 54.6 Å². The lowest BCUT2D eigenvalue weighted by Gasteiger charge is -2.33. The highest BCUT2D eigenvalue weighted by Gasteiger charge is 2.21. The topological polar surface area (TPSA) is 41.6 Å². The van der Waals surface area contributed by atoms with E-state index in [1.54, 1.807) is 12.1 Å². The van der Waals surface area contributed by atoms with Crippen LogP contribution in [0, 0.1) is 5.82 Å². The SMILES string of the molecule is O=C(COc1ccccc1F)N[C@@H]1CCCN(Cc2ccccc2)C1. The third kappa shape index (κ3) is 5.29. The molecule has 1 N–H and O–H groups in total. The molecule has 1 saturated heterocycles. The minimum absolute atomic E-state index is 0.104. The van der Waals surface area contributed by atoms with Crippen molar-refractivity contribution in [2.45, 2.75) is 25.4 Å². The Morgan fingerprint density at radius 1 is 1.16 bits per heavy atom. The Morgan fingerprint density at radius 3 is 2.72 bits per heavy atom. The largest absolute Gasteiger partial charge is 0.481 e. The fraction of sp³-hybridized carbons (Fsp3) is 0.350. The van der Waals surface area contributed by atoms with Gasteiger partial charge in [-0.3, -0.25) is 9.69 Å². The highest BCUT2D eigenvalue weighted by molar-refractivity contribution is 5.77. The molecular weight excluding hydrogens is 319 g/mol. The molecule has 3 rings (SSSR count). The summed E-state index contributed by atoms with van der Waals surface area (Å²) in [5, 5.41) is 3.00. The van der Waals surface area contributed by atoms with E-state index in [4.69, 9.17) is 4.74 Å². The van der Waals surface area contributed by atoms with Gasteiger partial charge in [0.2, 0.25) is 0 Å². The molecule has 0 aliphatic carbocycles. The quantitative estimate of drug-likeness (QED) is 0.877. The highest BCUT2D eigenvalue weighted by Crippen LogP contribution is 2.16. The second-order valence-electron chi connectivity index (χ2n) is 6.35. The van der Waals surface area contributed by atoms with Crippen LogP contribution >= 0.6 is 0 Å². The van der Waals surface area contributed by atoms with Crippen molar-refractivity contribution >= 4 is 5.91 Å². The summed E-state index contributed by atoms with van der Waals surface area (Å²) in [5.41, 5.74) is 1.28. The minimum Gasteiger partial charge on any atom is -0.481 e. The van der Waals surface area contributed by atoms with Crippen LogP contribution < -0.4 is 10.1 Å². The van der Waals surface area contributed by atoms with Gasteiger partial charge in [-0.25, -0.2) is 4.39 Å². The van der Waals surface area contributed by atoms with Crippen LogP contribution in [-0.4, -0.2) is 36.5 Å². The van der Waals surface area contributed by atoms with E-state index < -0.39 is 5.82 Å². The number of piperidine rings is 1. The molecule has 0 spiro atoms. The summed E-state index contributed by atoms with van der Waals surface area (Å²) in [7, 11) is 0. The lowest BCUT2D eigenvalue weighted by atomic mass is 10.0. The van der Waals surface area contributed by atoms with Crippen LogP contribution in [0.2, 0.25) is 0 Å². The van der Waals surface area contributed by atoms with E-state index in [1.807, 2.05) is 18.2 Å². The molecule has 5 heteroatoms. The van der Waals surface area contributed by atoms with Gasteiger partial charge in [-0.1, -0.05) is 42.5 Å². The number of nitrogens with zero attached hydrogens (tertiary/aromatic N) is 1. The number of rotatable bonds is 6. The molecule has 0 unspecified atom stereocenters. The average Bonchev–Trinajstić information content (AvgIpc) is 2.62. The lowest BCUT2D eigenvalue weighted by Crippen LogP contribution is -2.48. The van der Waals surface area contributed by atoms with Crippen molar-refractivity contribution in [1.82, 2.24) is 10.2 Å². The summed E-state index contributed by atoms with van der Waals surface area (Å²) < 4.78 is 18.8. The summed E-state index contributed by atoms with van der Waals surface area (Å²) in [6.45, 7) is 2.57. The van der Waals surface area contributed by atoms with Gasteiger partial charge in [0, 0.05) is 19.1 Å². The van der Waals surface area contributed by atoms with Crippen LogP contribution in [0.5, 0.6) is 5.75 Å². The number of ether oxygens (including phenoxy) is 1. The maximum absolute atomic E-state index is 13.5. The Morgan fingerprint density at radius 2 is 1.92 bits per heavy atom. The predicted octanol–water partition coefficient (Wildman–Crippen LogP) is 2.99. The van der Waals surface area contributed by atoms with Gasteiger partial charge < -0.3 is 10.1 Å². The monoisotopic (exact) mass is 342 g/mol. The van der Waals surface area contributed by atoms with Gasteiger partial charge >= 0.3 is 0 Å². The van der Waals surface area contributed by atoms with Gasteiger partial charge in [0.25, 0.3) is 5.91 Å². The van der Waals surface area contributed by atoms with Gasteiger partial charge in [0.15, 0.2) is 18.2 Å². The second kappa shape index (κ2) is 8.62. The molecule has 25 heavy (non-hydrogen) atoms. The summed E-state index contributed by atoms with van der Waals surface area (Å²) >= 11 is 0. The Bertz CT molecular complexity index is 693. The third-order valence-corrected chi connectivity index (χ3v) is 4.32. The molecule has 132 valence electrons. The molecular formula is C20H23FN2O2. The number of benzene rings is 2. The minimum atomic E-state index is -0.456. The molecule has 2 aromatic rings. The van der Waals surface area contributed by atoms with E-state index in [0.29, 0.717) is 0 Å². The Hall–Kier alpha value is -2.40. The number of amides is 1. The van der Waals surface area contributed by atoms with E-state index in [2.05, 4.69) is 22.3 Å². The van der Waals surface area contributed by atoms with Crippen LogP contribution in [-0.2, 0) is 11.3 Å². The molecule has 2 aromatic carbocycles. The predicted molar refractivity (Wildman–Crippen MR) is 94.8 cm³/mol. The molecule has 0 aromatic heterocycles. The first-order valence-electron chi connectivity index (χ1n) is 8.63. The van der Waals surface area contributed by atoms with E-state index in [0.717, 1.165) is 32.5 Å². The number of nitrogens with one attached hydrogen (secondary N) is 1. The van der Waals surface area contributed by atoms with Gasteiger partial charge in [-0.05, 0) is 37.1 Å². The van der Waals surface area contributed by atoms with Crippen molar-refractivity contribution in [3.63, 3.8) is 0 Å². The zero-order valence-corrected chi connectivity index (χ0v) is 14.2. The van der Waals surface area contributed by atoms with Crippen LogP contribution in [0.4, 0.5) is 4.39 Å². The Balaban J connectivity index is 1.45. The molecule has 1 atom stereocenters. The first-order chi connectivity index (χ1) is 12.2. The summed E-state index contributed by atoms with van der Waals surface area (Å²) in [4.78, 5) is 14.4. The number of likely N-dealkylation sites (tertiary alicyclic amines) is 1. The Labute approximate surface area is 147 Å². The van der Waals surface area contributed by atoms with Crippen LogP contribution in [0.25, 0.3) is 0 Å². The maximum atomic E-state index is 13.5. The maximum Gasteiger partial charge on any atom is 0.258 e. The normalized spacial score (nSPS) is 17.9. The summed E-state index contributed by atoms with van der Waals surface area (Å²) in [6.07, 6.45) is 2.00. The van der Waals surface area contributed by atoms with Crippen molar-refractivity contribution in [1.29, 1.82) is 0 Å². The van der Waals surface area contributed by atoms with Crippen LogP contribution in [0.1, 0.15) is 18.4 Å². The number of para-hydroxylation sites is 1. The molecule has 4 nitrogen and oxygen atoms in total. The first kappa shape index (κ1) is 17.4. The van der Waals surface area contributed by atoms with Crippen molar-refractivity contribution in [3.8, 4) is 5.75 Å². The number of halogens is 1. The van der Waals surface area contributed by atoms with Gasteiger partial charge in [-0.2, -0.15) is 0 Å². The smallest absolute Gasteiger partial charge is 0.258 e. The third-order valence-electron chi connectivity index (χ3n) is 4.32. The van der Waals surface area contributed by atoms with Crippen molar-refractivity contribution in [2.24, 2.45) is 0 Å². The van der Waals surface area contributed by atoms with Crippen molar-refractivity contribution in [2.75, 3.05) is 19.7 Å². The van der Waals surface area contributed by atoms with Crippen molar-refractivity contribution < 1.29 is 13.9 Å². The number of carbonyl (C=O) groups is 1. The summed E-state index contributed by atoms with van der Waals surface area (Å²) in [6, 6.07) is 16.5. The average molecular weight is 342 g/mol. The summed E-state index contributed by atoms with van der Waals surface area (Å²) in [5.74, 6) is -0.566. The zero-order chi connectivity index (χ0) is 17.5. The molecule has 0 saturated carbocycles. The molecule has 1 aliphatic heterocycles. The van der Waals surface area contributed by atoms with E-state index >= 15 is 0 Å². The second-order valence-corrected chi connectivity index (χ2v) is 6.35. The fourth-order valence-electron chi connectivity index (χ4n) is 3.13. The standard InChI is InChI=1S/C20H23FN2O2/c21-18-10-4-5-11-19(18)25-15-20(24)22-17-9-6-12-23(14-17)13-16-7-2-1-3-8-16/h1-5,7-8,10-11,17H,6,9,12-15H2,(H,22,24)/t17-/m1/s1. The van der Waals surface area contributed by atoms with Gasteiger partial charge in [0.1, 0.15) is 0 Å². The Kier molecular flexibility index (Phi) is 6.01. The molecule has 0 radical (unpaired) electrons. The fourth-order valence-corrected chi connectivity index (χ4v) is 3.13. The van der Waals surface area contributed by atoms with E-state index in [-0.39, 0.29) is 24.3 Å². The molecule has 0 bridgehead atoms. The molecule has 1 amide bonds. The zero-order valence-electron chi connectivity index (χ0n) is 14.2. The van der Waals surface area contributed by atoms with Crippen molar-refractivity contribution in [3.05, 3.63) is 66.0 Å². The van der Waals surface area contributed by atoms with Gasteiger partial charge in [0.05, 0.1) is 0 Å². The van der Waals surface area contributed by atoms with E-state index in [9.17, 15) is 9.18 Å². The number of carbonyl (C=O) groups excluding carboxylic acids is 1. The first-order valence-corrected chi connectivity index (χ1v) is 8.63. The molecule has 1 heterocycles. The van der Waals surface area contributed by atoms with E-state index in [1.165, 1.54) is 17.7 Å². The highest BCUT2D eigenvalue weighted by atomic mass is 19.1. The van der Waals surface area contributed by atoms with Crippen LogP contribution in [0.3, 0.4) is 0 Å². The molecule has 1 fully saturated rings. The molecule has 1 aliphatic rings. The number of hydrogen-bond acceptors (Lipinski definition) is 3.